The topological polar surface area (TPSA) is 43.4 Å². The molecule has 0 N–H and O–H groups in total. The summed E-state index contributed by atoms with van der Waals surface area (Å²) in [6.07, 6.45) is 5.77. The Morgan fingerprint density at radius 3 is 2.45 bits per heavy atom. The minimum atomic E-state index is -0.391. The van der Waals surface area contributed by atoms with Gasteiger partial charge in [0.05, 0.1) is 13.0 Å². The van der Waals surface area contributed by atoms with Gasteiger partial charge in [0.15, 0.2) is 5.78 Å². The number of ether oxygens (including phenoxy) is 1. The van der Waals surface area contributed by atoms with Gasteiger partial charge in [-0.1, -0.05) is 12.2 Å². The summed E-state index contributed by atoms with van der Waals surface area (Å²) in [5, 5.41) is 0. The Kier molecular flexibility index (Phi) is 2.21. The van der Waals surface area contributed by atoms with Gasteiger partial charge in [-0.2, -0.15) is 0 Å². The number of allylic oxidation sites excluding steroid dienone is 2. The van der Waals surface area contributed by atoms with Gasteiger partial charge < -0.3 is 4.74 Å². The highest BCUT2D eigenvalue weighted by Gasteiger charge is 2.14. The second-order valence-electron chi connectivity index (χ2n) is 2.17. The lowest BCUT2D eigenvalue weighted by Gasteiger charge is -2.06. The van der Waals surface area contributed by atoms with Gasteiger partial charge in [0.1, 0.15) is 0 Å². The van der Waals surface area contributed by atoms with E-state index in [9.17, 15) is 9.59 Å². The lowest BCUT2D eigenvalue weighted by Crippen LogP contribution is -2.14. The Morgan fingerprint density at radius 2 is 2.00 bits per heavy atom. The Labute approximate surface area is 64.3 Å². The zero-order valence-electron chi connectivity index (χ0n) is 6.11. The van der Waals surface area contributed by atoms with Crippen molar-refractivity contribution in [2.45, 2.75) is 0 Å². The molecule has 0 heterocycles. The molecule has 1 rings (SSSR count). The molecular weight excluding hydrogens is 144 g/mol. The standard InChI is InChI=1S/C8H8O3/c1-11-8(10)6-2-4-7(9)5-3-6/h2-6H,1H3. The molecular formula is C8H8O3. The quantitative estimate of drug-likeness (QED) is 0.513. The number of methoxy groups -OCH3 is 1. The molecule has 0 aromatic rings. The average molecular weight is 152 g/mol. The predicted octanol–water partition coefficient (Wildman–Crippen LogP) is 0.471. The molecule has 0 spiro atoms. The third-order valence-corrected chi connectivity index (χ3v) is 1.41. The molecule has 58 valence electrons. The van der Waals surface area contributed by atoms with Gasteiger partial charge >= 0.3 is 5.97 Å². The first-order valence-corrected chi connectivity index (χ1v) is 3.22. The smallest absolute Gasteiger partial charge is 0.316 e. The summed E-state index contributed by atoms with van der Waals surface area (Å²) >= 11 is 0. The first kappa shape index (κ1) is 7.72. The van der Waals surface area contributed by atoms with Crippen LogP contribution in [0.4, 0.5) is 0 Å². The number of ketones is 1. The van der Waals surface area contributed by atoms with Crippen molar-refractivity contribution in [3.63, 3.8) is 0 Å². The molecule has 1 aliphatic carbocycles. The molecule has 0 atom stereocenters. The van der Waals surface area contributed by atoms with E-state index in [0.717, 1.165) is 0 Å². The zero-order valence-corrected chi connectivity index (χ0v) is 6.11. The maximum atomic E-state index is 10.8. The summed E-state index contributed by atoms with van der Waals surface area (Å²) in [5.41, 5.74) is 0. The molecule has 0 unspecified atom stereocenters. The molecule has 1 aliphatic rings. The fraction of sp³-hybridized carbons (Fsp3) is 0.250. The van der Waals surface area contributed by atoms with Crippen molar-refractivity contribution in [3.05, 3.63) is 24.3 Å². The molecule has 0 aliphatic heterocycles. The molecule has 0 saturated heterocycles. The Hall–Kier alpha value is -1.38. The summed E-state index contributed by atoms with van der Waals surface area (Å²) in [6, 6.07) is 0. The molecule has 0 radical (unpaired) electrons. The van der Waals surface area contributed by atoms with Crippen molar-refractivity contribution < 1.29 is 14.3 Å². The molecule has 0 amide bonds. The monoisotopic (exact) mass is 152 g/mol. The van der Waals surface area contributed by atoms with Crippen molar-refractivity contribution in [2.24, 2.45) is 5.92 Å². The van der Waals surface area contributed by atoms with Crippen molar-refractivity contribution in [3.8, 4) is 0 Å². The largest absolute Gasteiger partial charge is 0.468 e. The molecule has 3 nitrogen and oxygen atoms in total. The molecule has 3 heteroatoms. The van der Waals surface area contributed by atoms with Crippen molar-refractivity contribution in [1.82, 2.24) is 0 Å². The lowest BCUT2D eigenvalue weighted by atomic mass is 10.0. The predicted molar refractivity (Wildman–Crippen MR) is 38.8 cm³/mol. The summed E-state index contributed by atoms with van der Waals surface area (Å²) in [6.45, 7) is 0. The van der Waals surface area contributed by atoms with Crippen molar-refractivity contribution in [1.29, 1.82) is 0 Å². The van der Waals surface area contributed by atoms with Crippen LogP contribution < -0.4 is 0 Å². The Bertz CT molecular complexity index is 222. The summed E-state index contributed by atoms with van der Waals surface area (Å²) in [5.74, 6) is -0.826. The van der Waals surface area contributed by atoms with Gasteiger partial charge in [0, 0.05) is 0 Å². The van der Waals surface area contributed by atoms with Crippen LogP contribution in [0.3, 0.4) is 0 Å². The van der Waals surface area contributed by atoms with Gasteiger partial charge in [-0.15, -0.1) is 0 Å². The minimum Gasteiger partial charge on any atom is -0.468 e. The second-order valence-corrected chi connectivity index (χ2v) is 2.17. The summed E-state index contributed by atoms with van der Waals surface area (Å²) in [7, 11) is 1.32. The van der Waals surface area contributed by atoms with E-state index in [2.05, 4.69) is 4.74 Å². The van der Waals surface area contributed by atoms with Crippen LogP contribution in [0.1, 0.15) is 0 Å². The second kappa shape index (κ2) is 3.14. The van der Waals surface area contributed by atoms with E-state index in [1.54, 1.807) is 0 Å². The van der Waals surface area contributed by atoms with Crippen LogP contribution in [0.2, 0.25) is 0 Å². The van der Waals surface area contributed by atoms with E-state index in [-0.39, 0.29) is 11.8 Å². The van der Waals surface area contributed by atoms with Crippen LogP contribution >= 0.6 is 0 Å². The zero-order chi connectivity index (χ0) is 8.27. The van der Waals surface area contributed by atoms with Gasteiger partial charge in [-0.3, -0.25) is 9.59 Å². The molecule has 0 saturated carbocycles. The maximum Gasteiger partial charge on any atom is 0.316 e. The van der Waals surface area contributed by atoms with Crippen LogP contribution in [0.25, 0.3) is 0 Å². The average Bonchev–Trinajstić information content (AvgIpc) is 2.05. The summed E-state index contributed by atoms with van der Waals surface area (Å²) < 4.78 is 4.47. The fourth-order valence-corrected chi connectivity index (χ4v) is 0.810. The third kappa shape index (κ3) is 1.77. The van der Waals surface area contributed by atoms with E-state index < -0.39 is 5.92 Å². The highest BCUT2D eigenvalue weighted by molar-refractivity contribution is 6.01. The molecule has 0 aromatic carbocycles. The third-order valence-electron chi connectivity index (χ3n) is 1.41. The highest BCUT2D eigenvalue weighted by Crippen LogP contribution is 2.08. The van der Waals surface area contributed by atoms with Crippen molar-refractivity contribution in [2.75, 3.05) is 7.11 Å². The van der Waals surface area contributed by atoms with Gasteiger partial charge in [0.25, 0.3) is 0 Å². The van der Waals surface area contributed by atoms with Crippen LogP contribution in [0, 0.1) is 5.92 Å². The van der Waals surface area contributed by atoms with E-state index in [4.69, 9.17) is 0 Å². The van der Waals surface area contributed by atoms with Crippen LogP contribution in [-0.4, -0.2) is 18.9 Å². The molecule has 0 bridgehead atoms. The van der Waals surface area contributed by atoms with Crippen LogP contribution in [-0.2, 0) is 14.3 Å². The van der Waals surface area contributed by atoms with E-state index in [1.807, 2.05) is 0 Å². The van der Waals surface area contributed by atoms with Gasteiger partial charge in [-0.25, -0.2) is 0 Å². The minimum absolute atomic E-state index is 0.0925. The van der Waals surface area contributed by atoms with Gasteiger partial charge in [-0.05, 0) is 12.2 Å². The number of rotatable bonds is 1. The fourth-order valence-electron chi connectivity index (χ4n) is 0.810. The van der Waals surface area contributed by atoms with Gasteiger partial charge in [0.2, 0.25) is 0 Å². The lowest BCUT2D eigenvalue weighted by molar-refractivity contribution is -0.142. The molecule has 0 aromatic heterocycles. The SMILES string of the molecule is COC(=O)C1C=CC(=O)C=C1. The van der Waals surface area contributed by atoms with E-state index in [1.165, 1.54) is 31.4 Å². The first-order valence-electron chi connectivity index (χ1n) is 3.22. The molecule has 0 fully saturated rings. The highest BCUT2D eigenvalue weighted by atomic mass is 16.5. The number of esters is 1. The van der Waals surface area contributed by atoms with Crippen LogP contribution in [0.5, 0.6) is 0 Å². The number of hydrogen-bond acceptors (Lipinski definition) is 3. The van der Waals surface area contributed by atoms with E-state index in [0.29, 0.717) is 0 Å². The van der Waals surface area contributed by atoms with Crippen LogP contribution in [0.15, 0.2) is 24.3 Å². The normalized spacial score (nSPS) is 17.0. The van der Waals surface area contributed by atoms with Crippen molar-refractivity contribution >= 4 is 11.8 Å². The summed E-state index contributed by atoms with van der Waals surface area (Å²) in [4.78, 5) is 21.4. The molecule has 11 heavy (non-hydrogen) atoms. The Morgan fingerprint density at radius 1 is 1.45 bits per heavy atom. The number of carbonyl (C=O) groups excluding carboxylic acids is 2. The first-order chi connectivity index (χ1) is 5.24. The van der Waals surface area contributed by atoms with E-state index >= 15 is 0 Å². The number of hydrogen-bond donors (Lipinski definition) is 0. The Balaban J connectivity index is 2.65. The maximum absolute atomic E-state index is 10.8. The number of carbonyl (C=O) groups is 2.